The molecule has 0 spiro atoms. The third-order valence-electron chi connectivity index (χ3n) is 6.14. The number of pyridine rings is 2. The van der Waals surface area contributed by atoms with Gasteiger partial charge in [-0.3, -0.25) is 19.0 Å². The first-order valence-electron chi connectivity index (χ1n) is 10.7. The highest BCUT2D eigenvalue weighted by molar-refractivity contribution is 7.97. The van der Waals surface area contributed by atoms with Gasteiger partial charge in [0.2, 0.25) is 5.88 Å². The SMILES string of the molecule is CCCSN1CCC(F)(c2cncc(N3C(=O)c4ccc(OC)nc4C3(C)C)c2)CC1. The van der Waals surface area contributed by atoms with Gasteiger partial charge in [-0.15, -0.1) is 0 Å². The number of carbonyl (C=O) groups is 1. The van der Waals surface area contributed by atoms with E-state index in [0.29, 0.717) is 54.3 Å². The van der Waals surface area contributed by atoms with E-state index in [1.54, 1.807) is 54.6 Å². The van der Waals surface area contributed by atoms with Crippen molar-refractivity contribution >= 4 is 23.5 Å². The Morgan fingerprint density at radius 3 is 2.65 bits per heavy atom. The zero-order valence-corrected chi connectivity index (χ0v) is 19.3. The summed E-state index contributed by atoms with van der Waals surface area (Å²) in [5.74, 6) is 1.36. The summed E-state index contributed by atoms with van der Waals surface area (Å²) in [6.45, 7) is 7.43. The lowest BCUT2D eigenvalue weighted by Crippen LogP contribution is -2.40. The quantitative estimate of drug-likeness (QED) is 0.602. The molecule has 166 valence electrons. The van der Waals surface area contributed by atoms with Crippen molar-refractivity contribution in [3.05, 3.63) is 47.4 Å². The van der Waals surface area contributed by atoms with Crippen LogP contribution in [0.2, 0.25) is 0 Å². The van der Waals surface area contributed by atoms with Crippen LogP contribution >= 0.6 is 11.9 Å². The number of methoxy groups -OCH3 is 1. The first-order chi connectivity index (χ1) is 14.8. The van der Waals surface area contributed by atoms with Crippen LogP contribution in [-0.2, 0) is 11.2 Å². The summed E-state index contributed by atoms with van der Waals surface area (Å²) in [4.78, 5) is 23.7. The topological polar surface area (TPSA) is 58.6 Å². The molecular formula is C23H29FN4O2S. The summed E-state index contributed by atoms with van der Waals surface area (Å²) in [5.41, 5.74) is 0.170. The van der Waals surface area contributed by atoms with Gasteiger partial charge in [0, 0.05) is 36.7 Å². The molecule has 0 saturated carbocycles. The molecule has 0 N–H and O–H groups in total. The van der Waals surface area contributed by atoms with E-state index in [4.69, 9.17) is 4.74 Å². The van der Waals surface area contributed by atoms with Crippen molar-refractivity contribution in [2.75, 3.05) is 30.9 Å². The highest BCUT2D eigenvalue weighted by Gasteiger charge is 2.46. The Hall–Kier alpha value is -2.19. The Morgan fingerprint density at radius 2 is 1.97 bits per heavy atom. The van der Waals surface area contributed by atoms with Crippen LogP contribution in [0.4, 0.5) is 10.1 Å². The van der Waals surface area contributed by atoms with Crippen LogP contribution in [0.25, 0.3) is 0 Å². The molecule has 8 heteroatoms. The van der Waals surface area contributed by atoms with Crippen molar-refractivity contribution in [3.8, 4) is 5.88 Å². The fourth-order valence-electron chi connectivity index (χ4n) is 4.39. The number of piperidine rings is 1. The van der Waals surface area contributed by atoms with Crippen molar-refractivity contribution in [2.24, 2.45) is 0 Å². The van der Waals surface area contributed by atoms with Crippen molar-refractivity contribution in [1.29, 1.82) is 0 Å². The Bertz CT molecular complexity index is 976. The van der Waals surface area contributed by atoms with E-state index in [2.05, 4.69) is 21.2 Å². The average molecular weight is 445 g/mol. The molecule has 0 aliphatic carbocycles. The molecule has 0 bridgehead atoms. The molecule has 1 saturated heterocycles. The number of ether oxygens (including phenoxy) is 1. The van der Waals surface area contributed by atoms with Crippen LogP contribution < -0.4 is 9.64 Å². The van der Waals surface area contributed by atoms with Crippen LogP contribution in [0.3, 0.4) is 0 Å². The number of nitrogens with zero attached hydrogens (tertiary/aromatic N) is 4. The number of aromatic nitrogens is 2. The molecule has 4 heterocycles. The third-order valence-corrected chi connectivity index (χ3v) is 7.46. The normalized spacial score (nSPS) is 20.0. The summed E-state index contributed by atoms with van der Waals surface area (Å²) in [6.07, 6.45) is 5.18. The summed E-state index contributed by atoms with van der Waals surface area (Å²) in [7, 11) is 1.55. The van der Waals surface area contributed by atoms with Crippen LogP contribution in [0.15, 0.2) is 30.6 Å². The van der Waals surface area contributed by atoms with E-state index in [1.165, 1.54) is 0 Å². The Balaban J connectivity index is 1.61. The summed E-state index contributed by atoms with van der Waals surface area (Å²) in [6, 6.07) is 5.21. The minimum Gasteiger partial charge on any atom is -0.481 e. The largest absolute Gasteiger partial charge is 0.481 e. The number of alkyl halides is 1. The molecule has 2 aromatic heterocycles. The van der Waals surface area contributed by atoms with Gasteiger partial charge in [0.05, 0.1) is 35.8 Å². The van der Waals surface area contributed by atoms with E-state index in [0.717, 1.165) is 12.2 Å². The minimum atomic E-state index is -1.44. The maximum absolute atomic E-state index is 15.9. The van der Waals surface area contributed by atoms with E-state index < -0.39 is 11.2 Å². The van der Waals surface area contributed by atoms with Crippen LogP contribution in [0, 0.1) is 0 Å². The van der Waals surface area contributed by atoms with Crippen LogP contribution in [-0.4, -0.2) is 46.1 Å². The predicted molar refractivity (Wildman–Crippen MR) is 121 cm³/mol. The van der Waals surface area contributed by atoms with Gasteiger partial charge in [0.1, 0.15) is 5.67 Å². The van der Waals surface area contributed by atoms with E-state index in [9.17, 15) is 4.79 Å². The van der Waals surface area contributed by atoms with Gasteiger partial charge in [0.25, 0.3) is 5.91 Å². The summed E-state index contributed by atoms with van der Waals surface area (Å²) < 4.78 is 23.4. The first kappa shape index (κ1) is 22.0. The second-order valence-electron chi connectivity index (χ2n) is 8.61. The standard InChI is InChI=1S/C23H29FN4O2S/c1-5-12-31-27-10-8-23(24,9-11-27)16-13-17(15-25-14-16)28-21(29)18-6-7-19(30-4)26-20(18)22(28,2)3/h6-7,13-15H,5,8-12H2,1-4H3. The fourth-order valence-corrected chi connectivity index (χ4v) is 5.27. The fraction of sp³-hybridized carbons (Fsp3) is 0.522. The molecule has 2 aromatic rings. The molecule has 6 nitrogen and oxygen atoms in total. The first-order valence-corrected chi connectivity index (χ1v) is 11.7. The molecule has 0 atom stereocenters. The molecule has 0 radical (unpaired) electrons. The highest BCUT2D eigenvalue weighted by atomic mass is 32.2. The third kappa shape index (κ3) is 3.91. The lowest BCUT2D eigenvalue weighted by molar-refractivity contribution is 0.0898. The van der Waals surface area contributed by atoms with Gasteiger partial charge >= 0.3 is 0 Å². The smallest absolute Gasteiger partial charge is 0.261 e. The van der Waals surface area contributed by atoms with Crippen LogP contribution in [0.1, 0.15) is 61.6 Å². The van der Waals surface area contributed by atoms with Gasteiger partial charge < -0.3 is 4.74 Å². The Morgan fingerprint density at radius 1 is 1.23 bits per heavy atom. The van der Waals surface area contributed by atoms with E-state index in [-0.39, 0.29) is 5.91 Å². The van der Waals surface area contributed by atoms with Gasteiger partial charge in [-0.1, -0.05) is 18.9 Å². The number of rotatable bonds is 6. The molecule has 1 amide bonds. The zero-order chi connectivity index (χ0) is 22.2. The summed E-state index contributed by atoms with van der Waals surface area (Å²) in [5, 5.41) is 0. The van der Waals surface area contributed by atoms with Crippen molar-refractivity contribution in [2.45, 2.75) is 51.2 Å². The van der Waals surface area contributed by atoms with Crippen molar-refractivity contribution in [3.63, 3.8) is 0 Å². The van der Waals surface area contributed by atoms with E-state index in [1.807, 2.05) is 13.8 Å². The molecule has 4 rings (SSSR count). The number of hydrogen-bond donors (Lipinski definition) is 0. The molecular weight excluding hydrogens is 415 g/mol. The summed E-state index contributed by atoms with van der Waals surface area (Å²) >= 11 is 1.79. The van der Waals surface area contributed by atoms with Crippen molar-refractivity contribution < 1.29 is 13.9 Å². The van der Waals surface area contributed by atoms with Crippen LogP contribution in [0.5, 0.6) is 5.88 Å². The lowest BCUT2D eigenvalue weighted by Gasteiger charge is -2.37. The van der Waals surface area contributed by atoms with Gasteiger partial charge in [-0.2, -0.15) is 0 Å². The molecule has 1 fully saturated rings. The van der Waals surface area contributed by atoms with Gasteiger partial charge in [0.15, 0.2) is 0 Å². The average Bonchev–Trinajstić information content (AvgIpc) is 2.98. The number of carbonyl (C=O) groups excluding carboxylic acids is 1. The maximum atomic E-state index is 15.9. The number of amides is 1. The second kappa shape index (κ2) is 8.39. The number of hydrogen-bond acceptors (Lipinski definition) is 6. The van der Waals surface area contributed by atoms with Crippen molar-refractivity contribution in [1.82, 2.24) is 14.3 Å². The Kier molecular flexibility index (Phi) is 5.96. The van der Waals surface area contributed by atoms with Gasteiger partial charge in [-0.05, 0) is 45.2 Å². The molecule has 2 aliphatic rings. The number of anilines is 1. The Labute approximate surface area is 187 Å². The molecule has 2 aliphatic heterocycles. The second-order valence-corrected chi connectivity index (χ2v) is 9.79. The molecule has 0 unspecified atom stereocenters. The zero-order valence-electron chi connectivity index (χ0n) is 18.5. The van der Waals surface area contributed by atoms with E-state index >= 15 is 4.39 Å². The minimum absolute atomic E-state index is 0.159. The lowest BCUT2D eigenvalue weighted by atomic mass is 9.87. The molecule has 0 aromatic carbocycles. The van der Waals surface area contributed by atoms with Gasteiger partial charge in [-0.25, -0.2) is 9.37 Å². The monoisotopic (exact) mass is 444 g/mol. The number of fused-ring (bicyclic) bond motifs is 1. The predicted octanol–water partition coefficient (Wildman–Crippen LogP) is 4.70. The number of halogens is 1. The highest BCUT2D eigenvalue weighted by Crippen LogP contribution is 2.44. The molecule has 31 heavy (non-hydrogen) atoms. The maximum Gasteiger partial charge on any atom is 0.261 e.